The molecule has 3 N–H and O–H groups in total. The lowest BCUT2D eigenvalue weighted by atomic mass is 9.80. The number of hydrazone groups is 1. The number of carbonyl (C=O) groups is 2. The van der Waals surface area contributed by atoms with Crippen LogP contribution in [0.2, 0.25) is 0 Å². The number of nitrogens with zero attached hydrogens (tertiary/aromatic N) is 2. The first-order valence-corrected chi connectivity index (χ1v) is 8.72. The van der Waals surface area contributed by atoms with Gasteiger partial charge in [-0.15, -0.1) is 0 Å². The standard InChI is InChI=1S/C19H18BF2N3O4/c1-11-16(17(26)23-14-5-3-4-12(10-14)19(2,21)22)18(27)25(24-11)15-8-6-13(7-9-15)20(28)29/h3-10,16,28-29H,1-2H3,(H,23,26). The van der Waals surface area contributed by atoms with E-state index in [1.165, 1.54) is 49.4 Å². The summed E-state index contributed by atoms with van der Waals surface area (Å²) in [5.74, 6) is -5.55. The highest BCUT2D eigenvalue weighted by Gasteiger charge is 2.40. The summed E-state index contributed by atoms with van der Waals surface area (Å²) in [7, 11) is -1.65. The Kier molecular flexibility index (Phi) is 5.49. The maximum Gasteiger partial charge on any atom is 0.488 e. The van der Waals surface area contributed by atoms with Crippen LogP contribution >= 0.6 is 0 Å². The number of halogens is 2. The molecular weight excluding hydrogens is 383 g/mol. The Balaban J connectivity index is 1.77. The third-order valence-corrected chi connectivity index (χ3v) is 4.47. The predicted molar refractivity (Wildman–Crippen MR) is 105 cm³/mol. The Morgan fingerprint density at radius 1 is 1.21 bits per heavy atom. The van der Waals surface area contributed by atoms with Crippen molar-refractivity contribution in [2.45, 2.75) is 19.8 Å². The Hall–Kier alpha value is -3.11. The van der Waals surface area contributed by atoms with Crippen LogP contribution in [0.5, 0.6) is 0 Å². The number of anilines is 2. The molecule has 29 heavy (non-hydrogen) atoms. The highest BCUT2D eigenvalue weighted by Crippen LogP contribution is 2.29. The van der Waals surface area contributed by atoms with E-state index in [1.807, 2.05) is 0 Å². The first-order valence-electron chi connectivity index (χ1n) is 8.72. The maximum absolute atomic E-state index is 13.5. The summed E-state index contributed by atoms with van der Waals surface area (Å²) in [5, 5.41) is 25.9. The molecule has 0 aliphatic carbocycles. The second kappa shape index (κ2) is 7.73. The molecule has 2 aromatic carbocycles. The van der Waals surface area contributed by atoms with Crippen molar-refractivity contribution in [1.29, 1.82) is 0 Å². The van der Waals surface area contributed by atoms with Crippen LogP contribution < -0.4 is 15.8 Å². The third kappa shape index (κ3) is 4.33. The van der Waals surface area contributed by atoms with Gasteiger partial charge in [-0.1, -0.05) is 24.3 Å². The minimum absolute atomic E-state index is 0.148. The Morgan fingerprint density at radius 2 is 1.86 bits per heavy atom. The van der Waals surface area contributed by atoms with Gasteiger partial charge in [0, 0.05) is 18.2 Å². The third-order valence-electron chi connectivity index (χ3n) is 4.47. The smallest absolute Gasteiger partial charge is 0.423 e. The lowest BCUT2D eigenvalue weighted by Crippen LogP contribution is -2.36. The molecule has 7 nitrogen and oxygen atoms in total. The summed E-state index contributed by atoms with van der Waals surface area (Å²) >= 11 is 0. The summed E-state index contributed by atoms with van der Waals surface area (Å²) in [6, 6.07) is 11.0. The molecular formula is C19H18BF2N3O4. The minimum atomic E-state index is -3.06. The molecule has 2 amide bonds. The second-order valence-electron chi connectivity index (χ2n) is 6.75. The Morgan fingerprint density at radius 3 is 2.45 bits per heavy atom. The lowest BCUT2D eigenvalue weighted by molar-refractivity contribution is -0.127. The molecule has 10 heteroatoms. The van der Waals surface area contributed by atoms with Gasteiger partial charge in [-0.2, -0.15) is 10.1 Å². The van der Waals surface area contributed by atoms with Crippen molar-refractivity contribution < 1.29 is 28.4 Å². The number of hydrogen-bond donors (Lipinski definition) is 3. The van der Waals surface area contributed by atoms with E-state index < -0.39 is 30.8 Å². The molecule has 0 bridgehead atoms. The van der Waals surface area contributed by atoms with E-state index in [0.717, 1.165) is 18.0 Å². The van der Waals surface area contributed by atoms with Crippen molar-refractivity contribution in [3.05, 3.63) is 54.1 Å². The van der Waals surface area contributed by atoms with Crippen LogP contribution in [0.4, 0.5) is 20.2 Å². The molecule has 0 aromatic heterocycles. The highest BCUT2D eigenvalue weighted by molar-refractivity contribution is 6.58. The number of rotatable bonds is 5. The molecule has 0 saturated carbocycles. The fraction of sp³-hybridized carbons (Fsp3) is 0.211. The average Bonchev–Trinajstić information content (AvgIpc) is 2.95. The minimum Gasteiger partial charge on any atom is -0.423 e. The largest absolute Gasteiger partial charge is 0.488 e. The van der Waals surface area contributed by atoms with Crippen LogP contribution in [-0.2, 0) is 15.5 Å². The van der Waals surface area contributed by atoms with Gasteiger partial charge < -0.3 is 15.4 Å². The van der Waals surface area contributed by atoms with Crippen molar-refractivity contribution in [2.75, 3.05) is 10.3 Å². The zero-order valence-corrected chi connectivity index (χ0v) is 15.6. The zero-order chi connectivity index (χ0) is 21.3. The first kappa shape index (κ1) is 20.6. The molecule has 150 valence electrons. The molecule has 0 spiro atoms. The van der Waals surface area contributed by atoms with E-state index in [2.05, 4.69) is 10.4 Å². The van der Waals surface area contributed by atoms with E-state index in [4.69, 9.17) is 10.0 Å². The topological polar surface area (TPSA) is 102 Å². The van der Waals surface area contributed by atoms with Crippen LogP contribution in [0, 0.1) is 5.92 Å². The van der Waals surface area contributed by atoms with Crippen LogP contribution in [0.3, 0.4) is 0 Å². The second-order valence-corrected chi connectivity index (χ2v) is 6.75. The molecule has 2 aromatic rings. The van der Waals surface area contributed by atoms with E-state index in [0.29, 0.717) is 5.69 Å². The lowest BCUT2D eigenvalue weighted by Gasteiger charge is -2.16. The summed E-state index contributed by atoms with van der Waals surface area (Å²) in [6.07, 6.45) is 0. The van der Waals surface area contributed by atoms with E-state index in [-0.39, 0.29) is 22.4 Å². The summed E-state index contributed by atoms with van der Waals surface area (Å²) in [4.78, 5) is 25.3. The zero-order valence-electron chi connectivity index (χ0n) is 15.6. The predicted octanol–water partition coefficient (Wildman–Crippen LogP) is 1.46. The molecule has 0 fully saturated rings. The van der Waals surface area contributed by atoms with Gasteiger partial charge >= 0.3 is 7.12 Å². The van der Waals surface area contributed by atoms with Crippen molar-refractivity contribution in [3.63, 3.8) is 0 Å². The van der Waals surface area contributed by atoms with E-state index in [1.54, 1.807) is 0 Å². The average molecular weight is 401 g/mol. The summed E-state index contributed by atoms with van der Waals surface area (Å²) in [5.41, 5.74) is 0.723. The number of amides is 2. The van der Waals surface area contributed by atoms with Crippen LogP contribution in [0.15, 0.2) is 53.6 Å². The molecule has 1 unspecified atom stereocenters. The number of alkyl halides is 2. The molecule has 3 rings (SSSR count). The van der Waals surface area contributed by atoms with Crippen LogP contribution in [0.1, 0.15) is 19.4 Å². The van der Waals surface area contributed by atoms with E-state index in [9.17, 15) is 18.4 Å². The van der Waals surface area contributed by atoms with Gasteiger partial charge in [0.1, 0.15) is 0 Å². The van der Waals surface area contributed by atoms with Gasteiger partial charge in [0.05, 0.1) is 11.4 Å². The summed E-state index contributed by atoms with van der Waals surface area (Å²) in [6.45, 7) is 2.27. The molecule has 1 atom stereocenters. The first-order chi connectivity index (χ1) is 13.6. The van der Waals surface area contributed by atoms with Gasteiger partial charge in [0.15, 0.2) is 5.92 Å². The van der Waals surface area contributed by atoms with E-state index >= 15 is 0 Å². The monoisotopic (exact) mass is 401 g/mol. The molecule has 0 radical (unpaired) electrons. The summed E-state index contributed by atoms with van der Waals surface area (Å²) < 4.78 is 27.0. The molecule has 1 aliphatic rings. The number of benzene rings is 2. The van der Waals surface area contributed by atoms with Crippen LogP contribution in [0.25, 0.3) is 0 Å². The Labute approximate surface area is 165 Å². The van der Waals surface area contributed by atoms with Gasteiger partial charge in [-0.3, -0.25) is 9.59 Å². The number of carbonyl (C=O) groups excluding carboxylic acids is 2. The SMILES string of the molecule is CC1=NN(c2ccc(B(O)O)cc2)C(=O)C1C(=O)Nc1cccc(C(C)(F)F)c1. The normalized spacial score (nSPS) is 16.6. The van der Waals surface area contributed by atoms with Gasteiger partial charge in [-0.25, -0.2) is 8.78 Å². The number of nitrogens with one attached hydrogen (secondary N) is 1. The van der Waals surface area contributed by atoms with Crippen molar-refractivity contribution in [1.82, 2.24) is 0 Å². The molecule has 0 saturated heterocycles. The Bertz CT molecular complexity index is 974. The van der Waals surface area contributed by atoms with Crippen LogP contribution in [-0.4, -0.2) is 34.7 Å². The fourth-order valence-corrected chi connectivity index (χ4v) is 2.92. The van der Waals surface area contributed by atoms with Crippen molar-refractivity contribution in [2.24, 2.45) is 11.0 Å². The molecule has 1 heterocycles. The fourth-order valence-electron chi connectivity index (χ4n) is 2.92. The van der Waals surface area contributed by atoms with Crippen molar-refractivity contribution >= 4 is 41.5 Å². The number of hydrogen-bond acceptors (Lipinski definition) is 5. The van der Waals surface area contributed by atoms with Gasteiger partial charge in [-0.05, 0) is 36.7 Å². The quantitative estimate of drug-likeness (QED) is 0.522. The maximum atomic E-state index is 13.5. The highest BCUT2D eigenvalue weighted by atomic mass is 19.3. The van der Waals surface area contributed by atoms with Gasteiger partial charge in [0.2, 0.25) is 5.91 Å². The molecule has 1 aliphatic heterocycles. The van der Waals surface area contributed by atoms with Gasteiger partial charge in [0.25, 0.3) is 11.8 Å². The van der Waals surface area contributed by atoms with Crippen molar-refractivity contribution in [3.8, 4) is 0 Å².